The number of aryl methyl sites for hydroxylation is 1. The summed E-state index contributed by atoms with van der Waals surface area (Å²) in [6, 6.07) is 6.16. The van der Waals surface area contributed by atoms with E-state index in [0.29, 0.717) is 5.82 Å². The van der Waals surface area contributed by atoms with E-state index in [1.54, 1.807) is 23.0 Å². The quantitative estimate of drug-likeness (QED) is 0.894. The molecule has 0 radical (unpaired) electrons. The van der Waals surface area contributed by atoms with E-state index in [-0.39, 0.29) is 5.75 Å². The van der Waals surface area contributed by atoms with Crippen LogP contribution in [0.4, 0.5) is 14.6 Å². The van der Waals surface area contributed by atoms with Gasteiger partial charge in [0, 0.05) is 11.8 Å². The molecule has 1 aromatic carbocycles. The Labute approximate surface area is 96.6 Å². The van der Waals surface area contributed by atoms with Crippen molar-refractivity contribution in [3.63, 3.8) is 0 Å². The zero-order valence-corrected chi connectivity index (χ0v) is 9.10. The van der Waals surface area contributed by atoms with Gasteiger partial charge in [-0.05, 0) is 31.2 Å². The van der Waals surface area contributed by atoms with Crippen molar-refractivity contribution < 1.29 is 13.5 Å². The molecule has 0 saturated heterocycles. The summed E-state index contributed by atoms with van der Waals surface area (Å²) in [7, 11) is 0. The van der Waals surface area contributed by atoms with Crippen LogP contribution in [0.1, 0.15) is 5.56 Å². The van der Waals surface area contributed by atoms with Gasteiger partial charge in [0.15, 0.2) is 0 Å². The topological polar surface area (TPSA) is 53.1 Å². The van der Waals surface area contributed by atoms with Crippen molar-refractivity contribution >= 4 is 5.82 Å². The third-order valence-electron chi connectivity index (χ3n) is 2.26. The first kappa shape index (κ1) is 11.4. The predicted molar refractivity (Wildman–Crippen MR) is 59.3 cm³/mol. The molecule has 17 heavy (non-hydrogen) atoms. The Hall–Kier alpha value is -2.11. The van der Waals surface area contributed by atoms with Gasteiger partial charge < -0.3 is 10.5 Å². The van der Waals surface area contributed by atoms with E-state index in [1.165, 1.54) is 12.1 Å². The Morgan fingerprint density at radius 1 is 1.29 bits per heavy atom. The number of ether oxygens (including phenoxy) is 1. The zero-order valence-electron chi connectivity index (χ0n) is 9.10. The van der Waals surface area contributed by atoms with Crippen molar-refractivity contribution in [1.82, 2.24) is 9.78 Å². The molecule has 0 amide bonds. The Kier molecular flexibility index (Phi) is 2.95. The third kappa shape index (κ3) is 2.52. The lowest BCUT2D eigenvalue weighted by Crippen LogP contribution is -2.02. The molecule has 0 unspecified atom stereocenters. The smallest absolute Gasteiger partial charge is 0.387 e. The SMILES string of the molecule is Cc1cn(-c2ccc(OC(F)F)cc2)nc1N. The first-order valence-corrected chi connectivity index (χ1v) is 4.93. The summed E-state index contributed by atoms with van der Waals surface area (Å²) in [6.07, 6.45) is 1.76. The maximum absolute atomic E-state index is 11.9. The highest BCUT2D eigenvalue weighted by atomic mass is 19.3. The van der Waals surface area contributed by atoms with Gasteiger partial charge in [-0.2, -0.15) is 13.9 Å². The Bertz CT molecular complexity index is 488. The molecule has 0 spiro atoms. The fourth-order valence-corrected chi connectivity index (χ4v) is 1.39. The van der Waals surface area contributed by atoms with E-state index in [9.17, 15) is 8.78 Å². The number of hydrogen-bond acceptors (Lipinski definition) is 3. The monoisotopic (exact) mass is 239 g/mol. The summed E-state index contributed by atoms with van der Waals surface area (Å²) in [5.41, 5.74) is 7.21. The molecular weight excluding hydrogens is 228 g/mol. The van der Waals surface area contributed by atoms with Gasteiger partial charge in [-0.25, -0.2) is 4.68 Å². The number of aromatic nitrogens is 2. The minimum Gasteiger partial charge on any atom is -0.435 e. The van der Waals surface area contributed by atoms with E-state index in [2.05, 4.69) is 9.84 Å². The lowest BCUT2D eigenvalue weighted by molar-refractivity contribution is -0.0498. The largest absolute Gasteiger partial charge is 0.435 e. The Morgan fingerprint density at radius 2 is 1.94 bits per heavy atom. The number of rotatable bonds is 3. The summed E-state index contributed by atoms with van der Waals surface area (Å²) >= 11 is 0. The molecule has 0 atom stereocenters. The fraction of sp³-hybridized carbons (Fsp3) is 0.182. The summed E-state index contributed by atoms with van der Waals surface area (Å²) in [5, 5.41) is 4.08. The molecule has 0 saturated carbocycles. The second kappa shape index (κ2) is 4.40. The molecule has 0 bridgehead atoms. The summed E-state index contributed by atoms with van der Waals surface area (Å²) in [5.74, 6) is 0.554. The number of alkyl halides is 2. The van der Waals surface area contributed by atoms with Crippen LogP contribution in [-0.4, -0.2) is 16.4 Å². The van der Waals surface area contributed by atoms with E-state index in [4.69, 9.17) is 5.73 Å². The van der Waals surface area contributed by atoms with Crippen LogP contribution in [0.25, 0.3) is 5.69 Å². The number of halogens is 2. The lowest BCUT2D eigenvalue weighted by atomic mass is 10.3. The average molecular weight is 239 g/mol. The van der Waals surface area contributed by atoms with E-state index in [0.717, 1.165) is 11.3 Å². The van der Waals surface area contributed by atoms with Gasteiger partial charge in [0.2, 0.25) is 0 Å². The maximum Gasteiger partial charge on any atom is 0.387 e. The van der Waals surface area contributed by atoms with Crippen molar-refractivity contribution in [3.8, 4) is 11.4 Å². The molecule has 90 valence electrons. The lowest BCUT2D eigenvalue weighted by Gasteiger charge is -2.05. The van der Waals surface area contributed by atoms with Gasteiger partial charge in [-0.3, -0.25) is 0 Å². The number of nitrogens with zero attached hydrogens (tertiary/aromatic N) is 2. The van der Waals surface area contributed by atoms with Gasteiger partial charge in [-0.15, -0.1) is 0 Å². The summed E-state index contributed by atoms with van der Waals surface area (Å²) in [6.45, 7) is -0.976. The van der Waals surface area contributed by atoms with E-state index in [1.807, 2.05) is 6.92 Å². The van der Waals surface area contributed by atoms with Crippen LogP contribution in [0.2, 0.25) is 0 Å². The molecule has 0 aliphatic carbocycles. The molecule has 1 aromatic heterocycles. The highest BCUT2D eigenvalue weighted by Crippen LogP contribution is 2.18. The maximum atomic E-state index is 11.9. The number of anilines is 1. The highest BCUT2D eigenvalue weighted by molar-refractivity contribution is 5.42. The minimum absolute atomic E-state index is 0.112. The molecule has 0 aliphatic rings. The van der Waals surface area contributed by atoms with Crippen LogP contribution in [0.5, 0.6) is 5.75 Å². The van der Waals surface area contributed by atoms with Gasteiger partial charge in [0.05, 0.1) is 5.69 Å². The van der Waals surface area contributed by atoms with Gasteiger partial charge in [0.1, 0.15) is 11.6 Å². The van der Waals surface area contributed by atoms with Crippen LogP contribution < -0.4 is 10.5 Å². The Morgan fingerprint density at radius 3 is 2.41 bits per heavy atom. The second-order valence-corrected chi connectivity index (χ2v) is 3.51. The number of hydrogen-bond donors (Lipinski definition) is 1. The van der Waals surface area contributed by atoms with Crippen molar-refractivity contribution in [1.29, 1.82) is 0 Å². The fourth-order valence-electron chi connectivity index (χ4n) is 1.39. The number of nitrogens with two attached hydrogens (primary N) is 1. The summed E-state index contributed by atoms with van der Waals surface area (Å²) in [4.78, 5) is 0. The highest BCUT2D eigenvalue weighted by Gasteiger charge is 2.06. The van der Waals surface area contributed by atoms with Gasteiger partial charge in [0.25, 0.3) is 0 Å². The predicted octanol–water partition coefficient (Wildman–Crippen LogP) is 2.36. The molecular formula is C11H11F2N3O. The summed E-state index contributed by atoms with van der Waals surface area (Å²) < 4.78 is 29.7. The van der Waals surface area contributed by atoms with Gasteiger partial charge in [-0.1, -0.05) is 0 Å². The van der Waals surface area contributed by atoms with E-state index >= 15 is 0 Å². The van der Waals surface area contributed by atoms with Crippen LogP contribution in [0.3, 0.4) is 0 Å². The van der Waals surface area contributed by atoms with Crippen molar-refractivity contribution in [2.75, 3.05) is 5.73 Å². The number of benzene rings is 1. The third-order valence-corrected chi connectivity index (χ3v) is 2.26. The first-order chi connectivity index (χ1) is 8.06. The number of nitrogen functional groups attached to an aromatic ring is 1. The molecule has 2 rings (SSSR count). The Balaban J connectivity index is 2.23. The first-order valence-electron chi connectivity index (χ1n) is 4.93. The van der Waals surface area contributed by atoms with Crippen molar-refractivity contribution in [2.45, 2.75) is 13.5 Å². The standard InChI is InChI=1S/C11H11F2N3O/c1-7-6-16(15-10(7)14)8-2-4-9(5-3-8)17-11(12)13/h2-6,11H,1H3,(H2,14,15). The molecule has 0 fully saturated rings. The van der Waals surface area contributed by atoms with Crippen LogP contribution in [0, 0.1) is 6.92 Å². The molecule has 1 heterocycles. The average Bonchev–Trinajstić information content (AvgIpc) is 2.59. The molecule has 6 heteroatoms. The van der Waals surface area contributed by atoms with Gasteiger partial charge >= 0.3 is 6.61 Å². The molecule has 4 nitrogen and oxygen atoms in total. The molecule has 0 aliphatic heterocycles. The van der Waals surface area contributed by atoms with Crippen LogP contribution >= 0.6 is 0 Å². The van der Waals surface area contributed by atoms with E-state index < -0.39 is 6.61 Å². The molecule has 2 aromatic rings. The van der Waals surface area contributed by atoms with Crippen LogP contribution in [-0.2, 0) is 0 Å². The van der Waals surface area contributed by atoms with Crippen LogP contribution in [0.15, 0.2) is 30.5 Å². The normalized spacial score (nSPS) is 10.8. The minimum atomic E-state index is -2.82. The van der Waals surface area contributed by atoms with Crippen molar-refractivity contribution in [3.05, 3.63) is 36.0 Å². The second-order valence-electron chi connectivity index (χ2n) is 3.51. The molecule has 2 N–H and O–H groups in total. The van der Waals surface area contributed by atoms with Crippen molar-refractivity contribution in [2.24, 2.45) is 0 Å². The zero-order chi connectivity index (χ0) is 12.4.